The Bertz CT molecular complexity index is 382. The number of nitrogens with zero attached hydrogens (tertiary/aromatic N) is 1. The summed E-state index contributed by atoms with van der Waals surface area (Å²) in [6.07, 6.45) is 0. The molecule has 17 heavy (non-hydrogen) atoms. The van der Waals surface area contributed by atoms with Crippen molar-refractivity contribution in [1.29, 1.82) is 0 Å². The van der Waals surface area contributed by atoms with E-state index in [4.69, 9.17) is 10.5 Å². The third kappa shape index (κ3) is 3.36. The molecule has 1 atom stereocenters. The molecule has 0 aliphatic heterocycles. The third-order valence-corrected chi connectivity index (χ3v) is 3.56. The van der Waals surface area contributed by atoms with Crippen LogP contribution in [0.3, 0.4) is 0 Å². The van der Waals surface area contributed by atoms with E-state index in [1.807, 2.05) is 13.0 Å². The van der Waals surface area contributed by atoms with Gasteiger partial charge in [0.05, 0.1) is 12.3 Å². The first kappa shape index (κ1) is 14.3. The molecule has 0 radical (unpaired) electrons. The minimum atomic E-state index is 0.337. The van der Waals surface area contributed by atoms with Crippen molar-refractivity contribution in [3.05, 3.63) is 22.2 Å². The van der Waals surface area contributed by atoms with Crippen LogP contribution in [0.25, 0.3) is 0 Å². The van der Waals surface area contributed by atoms with Gasteiger partial charge in [-0.3, -0.25) is 0 Å². The quantitative estimate of drug-likeness (QED) is 0.849. The van der Waals surface area contributed by atoms with Gasteiger partial charge in [-0.25, -0.2) is 0 Å². The van der Waals surface area contributed by atoms with Gasteiger partial charge in [-0.1, -0.05) is 0 Å². The van der Waals surface area contributed by atoms with Crippen LogP contribution < -0.4 is 10.6 Å². The number of ether oxygens (including phenoxy) is 1. The van der Waals surface area contributed by atoms with Gasteiger partial charge < -0.3 is 15.4 Å². The van der Waals surface area contributed by atoms with Crippen LogP contribution in [0, 0.1) is 6.92 Å². The number of hydrogen-bond acceptors (Lipinski definition) is 3. The van der Waals surface area contributed by atoms with Crippen LogP contribution in [0.1, 0.15) is 19.4 Å². The first-order valence-corrected chi connectivity index (χ1v) is 6.61. The molecule has 0 heterocycles. The van der Waals surface area contributed by atoms with Gasteiger partial charge in [-0.05, 0) is 54.4 Å². The molecule has 0 fully saturated rings. The van der Waals surface area contributed by atoms with Gasteiger partial charge >= 0.3 is 0 Å². The summed E-state index contributed by atoms with van der Waals surface area (Å²) >= 11 is 3.58. The molecule has 1 unspecified atom stereocenters. The van der Waals surface area contributed by atoms with Crippen molar-refractivity contribution >= 4 is 27.3 Å². The molecule has 0 aromatic heterocycles. The second kappa shape index (κ2) is 6.26. The van der Waals surface area contributed by atoms with Crippen LogP contribution in [-0.2, 0) is 4.74 Å². The lowest BCUT2D eigenvalue weighted by Crippen LogP contribution is -2.36. The number of likely N-dealkylation sites (N-methyl/N-ethyl adjacent to an activating group) is 1. The molecule has 2 N–H and O–H groups in total. The van der Waals surface area contributed by atoms with Crippen LogP contribution >= 0.6 is 15.9 Å². The van der Waals surface area contributed by atoms with E-state index in [1.165, 1.54) is 5.69 Å². The molecule has 0 amide bonds. The largest absolute Gasteiger partial charge is 0.398 e. The topological polar surface area (TPSA) is 38.5 Å². The molecular weight excluding hydrogens is 280 g/mol. The highest BCUT2D eigenvalue weighted by Crippen LogP contribution is 2.31. The van der Waals surface area contributed by atoms with Gasteiger partial charge in [0.15, 0.2) is 0 Å². The second-order valence-electron chi connectivity index (χ2n) is 4.25. The lowest BCUT2D eigenvalue weighted by Gasteiger charge is -2.31. The molecule has 3 nitrogen and oxygen atoms in total. The molecule has 0 aliphatic carbocycles. The highest BCUT2D eigenvalue weighted by atomic mass is 79.9. The zero-order valence-corrected chi connectivity index (χ0v) is 12.5. The highest BCUT2D eigenvalue weighted by Gasteiger charge is 2.16. The Morgan fingerprint density at radius 1 is 1.47 bits per heavy atom. The van der Waals surface area contributed by atoms with Crippen molar-refractivity contribution in [3.8, 4) is 0 Å². The number of nitrogen functional groups attached to an aromatic ring is 1. The molecule has 0 aliphatic rings. The van der Waals surface area contributed by atoms with Gasteiger partial charge in [0, 0.05) is 29.9 Å². The van der Waals surface area contributed by atoms with E-state index in [1.54, 1.807) is 7.11 Å². The summed E-state index contributed by atoms with van der Waals surface area (Å²) in [4.78, 5) is 2.31. The predicted molar refractivity (Wildman–Crippen MR) is 77.6 cm³/mol. The van der Waals surface area contributed by atoms with Crippen molar-refractivity contribution in [2.75, 3.05) is 30.9 Å². The van der Waals surface area contributed by atoms with E-state index < -0.39 is 0 Å². The van der Waals surface area contributed by atoms with Crippen molar-refractivity contribution in [1.82, 2.24) is 0 Å². The monoisotopic (exact) mass is 300 g/mol. The number of halogens is 1. The number of nitrogens with two attached hydrogens (primary N) is 1. The van der Waals surface area contributed by atoms with Crippen LogP contribution in [-0.4, -0.2) is 26.3 Å². The van der Waals surface area contributed by atoms with Crippen molar-refractivity contribution < 1.29 is 4.74 Å². The van der Waals surface area contributed by atoms with E-state index in [-0.39, 0.29) is 0 Å². The zero-order chi connectivity index (χ0) is 13.0. The Morgan fingerprint density at radius 3 is 2.65 bits per heavy atom. The average Bonchev–Trinajstić information content (AvgIpc) is 2.26. The van der Waals surface area contributed by atoms with Crippen LogP contribution in [0.5, 0.6) is 0 Å². The minimum Gasteiger partial charge on any atom is -0.398 e. The number of aryl methyl sites for hydroxylation is 1. The van der Waals surface area contributed by atoms with E-state index in [0.717, 1.165) is 22.3 Å². The molecule has 0 saturated carbocycles. The summed E-state index contributed by atoms with van der Waals surface area (Å²) in [6.45, 7) is 7.98. The highest BCUT2D eigenvalue weighted by molar-refractivity contribution is 9.10. The Labute approximate surface area is 112 Å². The Kier molecular flexibility index (Phi) is 5.28. The van der Waals surface area contributed by atoms with Gasteiger partial charge in [0.1, 0.15) is 0 Å². The number of hydrogen-bond donors (Lipinski definition) is 1. The van der Waals surface area contributed by atoms with Crippen LogP contribution in [0.4, 0.5) is 11.4 Å². The van der Waals surface area contributed by atoms with Crippen molar-refractivity contribution in [2.24, 2.45) is 0 Å². The summed E-state index contributed by atoms with van der Waals surface area (Å²) in [5.41, 5.74) is 8.98. The van der Waals surface area contributed by atoms with Gasteiger partial charge in [-0.15, -0.1) is 0 Å². The molecule has 1 rings (SSSR count). The smallest absolute Gasteiger partial charge is 0.0663 e. The molecule has 1 aromatic carbocycles. The summed E-state index contributed by atoms with van der Waals surface area (Å²) in [5, 5.41) is 0. The summed E-state index contributed by atoms with van der Waals surface area (Å²) in [7, 11) is 1.73. The van der Waals surface area contributed by atoms with Crippen LogP contribution in [0.15, 0.2) is 16.6 Å². The molecule has 0 bridgehead atoms. The Hall–Kier alpha value is -0.740. The van der Waals surface area contributed by atoms with Gasteiger partial charge in [-0.2, -0.15) is 0 Å². The predicted octanol–water partition coefficient (Wildman–Crippen LogP) is 3.20. The van der Waals surface area contributed by atoms with E-state index in [0.29, 0.717) is 12.6 Å². The summed E-state index contributed by atoms with van der Waals surface area (Å²) in [5.74, 6) is 0. The minimum absolute atomic E-state index is 0.337. The fourth-order valence-electron chi connectivity index (χ4n) is 1.95. The molecule has 1 aromatic rings. The Morgan fingerprint density at radius 2 is 2.12 bits per heavy atom. The Balaban J connectivity index is 3.07. The molecule has 0 saturated heterocycles. The fraction of sp³-hybridized carbons (Fsp3) is 0.538. The average molecular weight is 301 g/mol. The lowest BCUT2D eigenvalue weighted by atomic mass is 10.1. The first-order valence-electron chi connectivity index (χ1n) is 5.82. The van der Waals surface area contributed by atoms with Gasteiger partial charge in [0.25, 0.3) is 0 Å². The maximum absolute atomic E-state index is 5.89. The zero-order valence-electron chi connectivity index (χ0n) is 11.0. The first-order chi connectivity index (χ1) is 8.01. The summed E-state index contributed by atoms with van der Waals surface area (Å²) in [6, 6.07) is 4.42. The standard InChI is InChI=1S/C13H21BrN2O/c1-5-16(10(3)8-17-4)13-6-9(2)12(15)7-11(13)14/h6-7,10H,5,8,15H2,1-4H3. The van der Waals surface area contributed by atoms with E-state index in [9.17, 15) is 0 Å². The number of benzene rings is 1. The van der Waals surface area contributed by atoms with E-state index in [2.05, 4.69) is 40.7 Å². The maximum atomic E-state index is 5.89. The van der Waals surface area contributed by atoms with Crippen molar-refractivity contribution in [2.45, 2.75) is 26.8 Å². The number of rotatable bonds is 5. The maximum Gasteiger partial charge on any atom is 0.0663 e. The number of anilines is 2. The van der Waals surface area contributed by atoms with Crippen LogP contribution in [0.2, 0.25) is 0 Å². The second-order valence-corrected chi connectivity index (χ2v) is 5.10. The van der Waals surface area contributed by atoms with E-state index >= 15 is 0 Å². The normalized spacial score (nSPS) is 12.5. The summed E-state index contributed by atoms with van der Waals surface area (Å²) < 4.78 is 6.25. The molecule has 0 spiro atoms. The SMILES string of the molecule is CCN(c1cc(C)c(N)cc1Br)C(C)COC. The molecular formula is C13H21BrN2O. The lowest BCUT2D eigenvalue weighted by molar-refractivity contribution is 0.182. The van der Waals surface area contributed by atoms with Gasteiger partial charge in [0.2, 0.25) is 0 Å². The third-order valence-electron chi connectivity index (χ3n) is 2.93. The molecule has 4 heteroatoms. The number of methoxy groups -OCH3 is 1. The molecule has 96 valence electrons. The fourth-order valence-corrected chi connectivity index (χ4v) is 2.54. The van der Waals surface area contributed by atoms with Crippen molar-refractivity contribution in [3.63, 3.8) is 0 Å².